The van der Waals surface area contributed by atoms with Crippen LogP contribution in [-0.2, 0) is 65.4 Å². The minimum Gasteiger partial charge on any atom is -0.462 e. The van der Waals surface area contributed by atoms with Gasteiger partial charge in [-0.15, -0.1) is 0 Å². The number of hydrogen-bond donors (Lipinski definition) is 3. The van der Waals surface area contributed by atoms with Crippen LogP contribution >= 0.6 is 15.6 Å². The SMILES string of the molecule is CCCCCC/C=C\C=C/CCCCCCCC(=O)OC[C@H](COP(=O)(O)OCC(O)COP(=O)(O)OC[C@@H](COC(=O)CCCCCCCCCC(C)C)OC(=O)CCCCCCCCCCCCCC(C)C)OC(=O)CCCCCCCCC(C)CC. The Bertz CT molecular complexity index is 1840. The summed E-state index contributed by atoms with van der Waals surface area (Å²) in [5, 5.41) is 10.6. The molecule has 89 heavy (non-hydrogen) atoms. The molecule has 0 rings (SSSR count). The molecule has 6 atom stereocenters. The van der Waals surface area contributed by atoms with E-state index in [9.17, 15) is 43.2 Å². The van der Waals surface area contributed by atoms with Crippen molar-refractivity contribution in [1.82, 2.24) is 0 Å². The summed E-state index contributed by atoms with van der Waals surface area (Å²) in [4.78, 5) is 72.5. The quantitative estimate of drug-likeness (QED) is 0.0169. The van der Waals surface area contributed by atoms with E-state index >= 15 is 0 Å². The fraction of sp³-hybridized carbons (Fsp3) is 0.886. The number of rotatable bonds is 66. The average molecular weight is 1310 g/mol. The first kappa shape index (κ1) is 86.5. The summed E-state index contributed by atoms with van der Waals surface area (Å²) in [5.74, 6) is 0.0228. The molecule has 0 amide bonds. The van der Waals surface area contributed by atoms with Gasteiger partial charge in [0.2, 0.25) is 0 Å². The van der Waals surface area contributed by atoms with Crippen LogP contribution in [0.2, 0.25) is 0 Å². The number of hydrogen-bond acceptors (Lipinski definition) is 15. The molecule has 0 aromatic carbocycles. The monoisotopic (exact) mass is 1310 g/mol. The van der Waals surface area contributed by atoms with Gasteiger partial charge in [0.05, 0.1) is 26.4 Å². The number of carbonyl (C=O) groups is 4. The first-order valence-electron chi connectivity index (χ1n) is 35.7. The van der Waals surface area contributed by atoms with Crippen molar-refractivity contribution in [2.45, 2.75) is 343 Å². The Morgan fingerprint density at radius 2 is 0.663 bits per heavy atom. The summed E-state index contributed by atoms with van der Waals surface area (Å²) in [7, 11) is -9.91. The number of unbranched alkanes of at least 4 members (excludes halogenated alkanes) is 30. The molecule has 0 heterocycles. The van der Waals surface area contributed by atoms with Crippen molar-refractivity contribution in [3.8, 4) is 0 Å². The van der Waals surface area contributed by atoms with Crippen molar-refractivity contribution in [3.05, 3.63) is 24.3 Å². The topological polar surface area (TPSA) is 237 Å². The third-order valence-electron chi connectivity index (χ3n) is 15.9. The number of aliphatic hydroxyl groups is 1. The summed E-state index contributed by atoms with van der Waals surface area (Å²) >= 11 is 0. The van der Waals surface area contributed by atoms with Crippen LogP contribution in [0, 0.1) is 17.8 Å². The van der Waals surface area contributed by atoms with E-state index in [1.165, 1.54) is 109 Å². The Morgan fingerprint density at radius 1 is 0.371 bits per heavy atom. The van der Waals surface area contributed by atoms with Gasteiger partial charge in [0.15, 0.2) is 12.2 Å². The third-order valence-corrected chi connectivity index (χ3v) is 17.8. The van der Waals surface area contributed by atoms with E-state index in [0.29, 0.717) is 37.5 Å². The smallest absolute Gasteiger partial charge is 0.462 e. The van der Waals surface area contributed by atoms with Crippen molar-refractivity contribution in [2.24, 2.45) is 17.8 Å². The maximum absolute atomic E-state index is 13.0. The summed E-state index contributed by atoms with van der Waals surface area (Å²) in [6.07, 6.45) is 46.8. The largest absolute Gasteiger partial charge is 0.472 e. The molecule has 0 aromatic rings. The van der Waals surface area contributed by atoms with E-state index in [1.807, 2.05) is 0 Å². The van der Waals surface area contributed by atoms with E-state index in [1.54, 1.807) is 0 Å². The fourth-order valence-corrected chi connectivity index (χ4v) is 11.5. The average Bonchev–Trinajstić information content (AvgIpc) is 3.71. The lowest BCUT2D eigenvalue weighted by Crippen LogP contribution is -2.30. The predicted molar refractivity (Wildman–Crippen MR) is 358 cm³/mol. The molecule has 0 saturated heterocycles. The van der Waals surface area contributed by atoms with Crippen LogP contribution in [0.1, 0.15) is 325 Å². The molecule has 524 valence electrons. The van der Waals surface area contributed by atoms with Gasteiger partial charge in [-0.25, -0.2) is 9.13 Å². The minimum absolute atomic E-state index is 0.0956. The van der Waals surface area contributed by atoms with Gasteiger partial charge in [0.25, 0.3) is 0 Å². The number of esters is 4. The number of aliphatic hydroxyl groups excluding tert-OH is 1. The molecule has 0 saturated carbocycles. The van der Waals surface area contributed by atoms with Gasteiger partial charge in [-0.3, -0.25) is 37.3 Å². The van der Waals surface area contributed by atoms with Crippen molar-refractivity contribution < 1.29 is 80.2 Å². The predicted octanol–water partition coefficient (Wildman–Crippen LogP) is 19.4. The Morgan fingerprint density at radius 3 is 1.00 bits per heavy atom. The van der Waals surface area contributed by atoms with E-state index in [-0.39, 0.29) is 25.7 Å². The lowest BCUT2D eigenvalue weighted by Gasteiger charge is -2.21. The first-order chi connectivity index (χ1) is 42.8. The molecule has 3 N–H and O–H groups in total. The van der Waals surface area contributed by atoms with Gasteiger partial charge in [-0.05, 0) is 69.1 Å². The van der Waals surface area contributed by atoms with E-state index in [2.05, 4.69) is 72.8 Å². The van der Waals surface area contributed by atoms with Gasteiger partial charge in [0, 0.05) is 25.7 Å². The molecule has 0 aliphatic rings. The lowest BCUT2D eigenvalue weighted by atomic mass is 10.00. The summed E-state index contributed by atoms with van der Waals surface area (Å²) in [6, 6.07) is 0. The van der Waals surface area contributed by atoms with E-state index in [0.717, 1.165) is 121 Å². The maximum atomic E-state index is 13.0. The Hall–Kier alpha value is -2.46. The zero-order valence-electron chi connectivity index (χ0n) is 57.4. The van der Waals surface area contributed by atoms with Crippen LogP contribution in [0.4, 0.5) is 0 Å². The molecule has 17 nitrogen and oxygen atoms in total. The Labute approximate surface area is 542 Å². The van der Waals surface area contributed by atoms with Gasteiger partial charge < -0.3 is 33.8 Å². The third kappa shape index (κ3) is 62.7. The van der Waals surface area contributed by atoms with Crippen LogP contribution in [0.3, 0.4) is 0 Å². The molecular formula is C70H132O17P2. The molecule has 0 fully saturated rings. The number of allylic oxidation sites excluding steroid dienone is 4. The van der Waals surface area contributed by atoms with Gasteiger partial charge in [-0.2, -0.15) is 0 Å². The summed E-state index contributed by atoms with van der Waals surface area (Å²) in [6.45, 7) is 11.7. The Kier molecular flexibility index (Phi) is 58.8. The summed E-state index contributed by atoms with van der Waals surface area (Å²) in [5.41, 5.74) is 0. The second-order valence-corrected chi connectivity index (χ2v) is 28.7. The molecule has 0 aliphatic carbocycles. The Balaban J connectivity index is 5.27. The van der Waals surface area contributed by atoms with E-state index < -0.39 is 97.5 Å². The number of ether oxygens (including phenoxy) is 4. The first-order valence-corrected chi connectivity index (χ1v) is 38.7. The number of carbonyl (C=O) groups excluding carboxylic acids is 4. The van der Waals surface area contributed by atoms with Crippen LogP contribution < -0.4 is 0 Å². The molecule has 0 aromatic heterocycles. The second-order valence-electron chi connectivity index (χ2n) is 25.8. The van der Waals surface area contributed by atoms with Crippen LogP contribution in [0.25, 0.3) is 0 Å². The van der Waals surface area contributed by atoms with Gasteiger partial charge in [0.1, 0.15) is 19.3 Å². The highest BCUT2D eigenvalue weighted by molar-refractivity contribution is 7.47. The fourth-order valence-electron chi connectivity index (χ4n) is 9.97. The molecule has 19 heteroatoms. The maximum Gasteiger partial charge on any atom is 0.472 e. The highest BCUT2D eigenvalue weighted by Gasteiger charge is 2.30. The van der Waals surface area contributed by atoms with Gasteiger partial charge in [-0.1, -0.05) is 272 Å². The summed E-state index contributed by atoms with van der Waals surface area (Å²) < 4.78 is 68.2. The standard InChI is InChI=1S/C70H132O17P2/c1-8-10-11-12-13-14-15-16-17-18-21-24-29-37-44-51-67(72)80-58-66(87-70(75)54-47-40-33-32-36-43-50-63(7)9-2)60-85-89(78,79)83-56-64(71)55-82-88(76,77)84-59-65(57-81-68(73)52-45-38-31-26-28-35-42-49-62(5)6)86-69(74)53-46-39-30-25-22-19-20-23-27-34-41-48-61(3)4/h14-17,61-66,71H,8-13,18-60H2,1-7H3,(H,76,77)(H,78,79)/b15-14-,17-16-/t63?,64?,65-,66-/m1/s1. The highest BCUT2D eigenvalue weighted by atomic mass is 31.2. The second kappa shape index (κ2) is 60.5. The van der Waals surface area contributed by atoms with Crippen molar-refractivity contribution in [2.75, 3.05) is 39.6 Å². The highest BCUT2D eigenvalue weighted by Crippen LogP contribution is 2.45. The van der Waals surface area contributed by atoms with Crippen molar-refractivity contribution in [1.29, 1.82) is 0 Å². The number of phosphoric acid groups is 2. The normalized spacial score (nSPS) is 14.7. The number of phosphoric ester groups is 2. The van der Waals surface area contributed by atoms with Crippen molar-refractivity contribution in [3.63, 3.8) is 0 Å². The minimum atomic E-state index is -4.96. The molecule has 0 spiro atoms. The zero-order chi connectivity index (χ0) is 65.9. The van der Waals surface area contributed by atoms with E-state index in [4.69, 9.17) is 37.0 Å². The molecule has 0 radical (unpaired) electrons. The zero-order valence-corrected chi connectivity index (χ0v) is 59.2. The lowest BCUT2D eigenvalue weighted by molar-refractivity contribution is -0.161. The molecule has 0 aliphatic heterocycles. The van der Waals surface area contributed by atoms with Crippen LogP contribution in [0.5, 0.6) is 0 Å². The molecule has 4 unspecified atom stereocenters. The van der Waals surface area contributed by atoms with Crippen LogP contribution in [0.15, 0.2) is 24.3 Å². The van der Waals surface area contributed by atoms with Crippen molar-refractivity contribution >= 4 is 39.5 Å². The van der Waals surface area contributed by atoms with Gasteiger partial charge >= 0.3 is 39.5 Å². The molecule has 0 bridgehead atoms. The van der Waals surface area contributed by atoms with Crippen LogP contribution in [-0.4, -0.2) is 96.7 Å². The molecular weight excluding hydrogens is 1170 g/mol.